The van der Waals surface area contributed by atoms with Crippen molar-refractivity contribution in [3.63, 3.8) is 0 Å². The zero-order valence-corrected chi connectivity index (χ0v) is 10.5. The SMILES string of the molecule is CC1CCCC(NC(=O)C2CC2C)(C(=O)O)C1. The van der Waals surface area contributed by atoms with Crippen LogP contribution in [-0.4, -0.2) is 22.5 Å². The molecule has 4 atom stereocenters. The van der Waals surface area contributed by atoms with Crippen molar-refractivity contribution in [2.75, 3.05) is 0 Å². The molecule has 2 N–H and O–H groups in total. The Hall–Kier alpha value is -1.06. The summed E-state index contributed by atoms with van der Waals surface area (Å²) >= 11 is 0. The Morgan fingerprint density at radius 2 is 2.00 bits per heavy atom. The molecule has 2 aliphatic carbocycles. The fraction of sp³-hybridized carbons (Fsp3) is 0.846. The molecule has 4 unspecified atom stereocenters. The number of carboxylic acids is 1. The maximum Gasteiger partial charge on any atom is 0.329 e. The summed E-state index contributed by atoms with van der Waals surface area (Å²) in [6.07, 6.45) is 3.98. The van der Waals surface area contributed by atoms with E-state index in [0.29, 0.717) is 24.7 Å². The van der Waals surface area contributed by atoms with Crippen LogP contribution in [0, 0.1) is 17.8 Å². The first kappa shape index (κ1) is 12.4. The summed E-state index contributed by atoms with van der Waals surface area (Å²) in [7, 11) is 0. The van der Waals surface area contributed by atoms with Crippen molar-refractivity contribution < 1.29 is 14.7 Å². The van der Waals surface area contributed by atoms with Crippen molar-refractivity contribution in [3.8, 4) is 0 Å². The van der Waals surface area contributed by atoms with Gasteiger partial charge in [-0.15, -0.1) is 0 Å². The lowest BCUT2D eigenvalue weighted by molar-refractivity contribution is -0.150. The third-order valence-corrected chi connectivity index (χ3v) is 4.22. The van der Waals surface area contributed by atoms with Gasteiger partial charge in [0.05, 0.1) is 0 Å². The van der Waals surface area contributed by atoms with E-state index >= 15 is 0 Å². The average molecular weight is 239 g/mol. The number of hydrogen-bond donors (Lipinski definition) is 2. The van der Waals surface area contributed by atoms with E-state index in [1.54, 1.807) is 0 Å². The largest absolute Gasteiger partial charge is 0.480 e. The second kappa shape index (κ2) is 4.31. The van der Waals surface area contributed by atoms with Crippen LogP contribution in [0.5, 0.6) is 0 Å². The Morgan fingerprint density at radius 3 is 2.47 bits per heavy atom. The fourth-order valence-corrected chi connectivity index (χ4v) is 2.93. The topological polar surface area (TPSA) is 66.4 Å². The predicted molar refractivity (Wildman–Crippen MR) is 63.4 cm³/mol. The minimum atomic E-state index is -1.00. The normalized spacial score (nSPS) is 40.7. The zero-order chi connectivity index (χ0) is 12.6. The minimum Gasteiger partial charge on any atom is -0.480 e. The van der Waals surface area contributed by atoms with Crippen molar-refractivity contribution in [1.82, 2.24) is 5.32 Å². The lowest BCUT2D eigenvalue weighted by Crippen LogP contribution is -2.57. The van der Waals surface area contributed by atoms with Gasteiger partial charge in [0.2, 0.25) is 5.91 Å². The van der Waals surface area contributed by atoms with Crippen molar-refractivity contribution in [3.05, 3.63) is 0 Å². The van der Waals surface area contributed by atoms with Gasteiger partial charge in [0.1, 0.15) is 5.54 Å². The molecule has 0 heterocycles. The van der Waals surface area contributed by atoms with Gasteiger partial charge >= 0.3 is 5.97 Å². The smallest absolute Gasteiger partial charge is 0.329 e. The van der Waals surface area contributed by atoms with E-state index in [1.165, 1.54) is 0 Å². The molecular formula is C13H21NO3. The van der Waals surface area contributed by atoms with Crippen molar-refractivity contribution in [2.45, 2.75) is 51.5 Å². The number of carbonyl (C=O) groups is 2. The number of amides is 1. The lowest BCUT2D eigenvalue weighted by atomic mass is 9.76. The van der Waals surface area contributed by atoms with E-state index < -0.39 is 11.5 Å². The van der Waals surface area contributed by atoms with Gasteiger partial charge in [-0.3, -0.25) is 4.79 Å². The van der Waals surface area contributed by atoms with Gasteiger partial charge in [0, 0.05) is 5.92 Å². The van der Waals surface area contributed by atoms with Gasteiger partial charge in [-0.05, 0) is 31.1 Å². The molecule has 0 spiro atoms. The molecule has 2 aliphatic rings. The van der Waals surface area contributed by atoms with Crippen LogP contribution in [0.3, 0.4) is 0 Å². The molecule has 0 radical (unpaired) electrons. The Bertz CT molecular complexity index is 342. The fourth-order valence-electron chi connectivity index (χ4n) is 2.93. The molecule has 0 aromatic carbocycles. The van der Waals surface area contributed by atoms with Crippen LogP contribution >= 0.6 is 0 Å². The average Bonchev–Trinajstić information content (AvgIpc) is 2.95. The number of aliphatic carboxylic acids is 1. The molecule has 1 amide bonds. The summed E-state index contributed by atoms with van der Waals surface area (Å²) < 4.78 is 0. The Kier molecular flexibility index (Phi) is 3.15. The van der Waals surface area contributed by atoms with Crippen molar-refractivity contribution >= 4 is 11.9 Å². The molecule has 0 aromatic rings. The number of carbonyl (C=O) groups excluding carboxylic acids is 1. The highest BCUT2D eigenvalue weighted by molar-refractivity contribution is 5.89. The highest BCUT2D eigenvalue weighted by Gasteiger charge is 2.47. The molecule has 17 heavy (non-hydrogen) atoms. The first-order valence-corrected chi connectivity index (χ1v) is 6.50. The maximum atomic E-state index is 11.9. The number of nitrogens with one attached hydrogen (secondary N) is 1. The summed E-state index contributed by atoms with van der Waals surface area (Å²) in [5.74, 6) is -0.0956. The highest BCUT2D eigenvalue weighted by atomic mass is 16.4. The second-order valence-electron chi connectivity index (χ2n) is 5.90. The van der Waals surface area contributed by atoms with E-state index in [4.69, 9.17) is 0 Å². The van der Waals surface area contributed by atoms with Gasteiger partial charge in [-0.1, -0.05) is 26.7 Å². The van der Waals surface area contributed by atoms with E-state index in [1.807, 2.05) is 6.92 Å². The predicted octanol–water partition coefficient (Wildman–Crippen LogP) is 1.79. The Morgan fingerprint density at radius 1 is 1.35 bits per heavy atom. The Balaban J connectivity index is 2.06. The molecule has 4 nitrogen and oxygen atoms in total. The van der Waals surface area contributed by atoms with E-state index in [9.17, 15) is 14.7 Å². The van der Waals surface area contributed by atoms with E-state index in [2.05, 4.69) is 12.2 Å². The molecule has 0 bridgehead atoms. The first-order valence-electron chi connectivity index (χ1n) is 6.50. The van der Waals surface area contributed by atoms with Crippen LogP contribution in [0.4, 0.5) is 0 Å². The molecule has 96 valence electrons. The van der Waals surface area contributed by atoms with Crippen LogP contribution < -0.4 is 5.32 Å². The zero-order valence-electron chi connectivity index (χ0n) is 10.5. The van der Waals surface area contributed by atoms with Crippen LogP contribution in [0.15, 0.2) is 0 Å². The molecular weight excluding hydrogens is 218 g/mol. The minimum absolute atomic E-state index is 0.0449. The number of carboxylic acid groups (broad SMARTS) is 1. The van der Waals surface area contributed by atoms with Gasteiger partial charge in [0.25, 0.3) is 0 Å². The van der Waals surface area contributed by atoms with Crippen molar-refractivity contribution in [1.29, 1.82) is 0 Å². The Labute approximate surface area is 102 Å². The standard InChI is InChI=1S/C13H21NO3/c1-8-4-3-5-13(7-8,12(16)17)14-11(15)10-6-9(10)2/h8-10H,3-7H2,1-2H3,(H,14,15)(H,16,17). The number of hydrogen-bond acceptors (Lipinski definition) is 2. The van der Waals surface area contributed by atoms with Crippen LogP contribution in [0.2, 0.25) is 0 Å². The van der Waals surface area contributed by atoms with Gasteiger partial charge in [-0.2, -0.15) is 0 Å². The lowest BCUT2D eigenvalue weighted by Gasteiger charge is -2.37. The molecule has 0 aromatic heterocycles. The monoisotopic (exact) mass is 239 g/mol. The highest BCUT2D eigenvalue weighted by Crippen LogP contribution is 2.39. The second-order valence-corrected chi connectivity index (χ2v) is 5.90. The van der Waals surface area contributed by atoms with Crippen LogP contribution in [0.1, 0.15) is 46.0 Å². The van der Waals surface area contributed by atoms with Crippen LogP contribution in [0.25, 0.3) is 0 Å². The molecule has 2 rings (SSSR count). The third-order valence-electron chi connectivity index (χ3n) is 4.22. The third kappa shape index (κ3) is 2.45. The molecule has 0 saturated heterocycles. The summed E-state index contributed by atoms with van der Waals surface area (Å²) in [5.41, 5.74) is -1.00. The maximum absolute atomic E-state index is 11.9. The van der Waals surface area contributed by atoms with Gasteiger partial charge < -0.3 is 10.4 Å². The quantitative estimate of drug-likeness (QED) is 0.789. The van der Waals surface area contributed by atoms with E-state index in [0.717, 1.165) is 19.3 Å². The van der Waals surface area contributed by atoms with Gasteiger partial charge in [0.15, 0.2) is 0 Å². The molecule has 2 fully saturated rings. The molecule has 4 heteroatoms. The summed E-state index contributed by atoms with van der Waals surface area (Å²) in [4.78, 5) is 23.4. The molecule has 0 aliphatic heterocycles. The summed E-state index contributed by atoms with van der Waals surface area (Å²) in [6.45, 7) is 4.09. The van der Waals surface area contributed by atoms with Gasteiger partial charge in [-0.25, -0.2) is 4.79 Å². The molecule has 2 saturated carbocycles. The van der Waals surface area contributed by atoms with Crippen molar-refractivity contribution in [2.24, 2.45) is 17.8 Å². The van der Waals surface area contributed by atoms with Crippen LogP contribution in [-0.2, 0) is 9.59 Å². The first-order chi connectivity index (χ1) is 7.94. The summed E-state index contributed by atoms with van der Waals surface area (Å²) in [6, 6.07) is 0. The number of rotatable bonds is 3. The van der Waals surface area contributed by atoms with E-state index in [-0.39, 0.29) is 11.8 Å². The summed E-state index contributed by atoms with van der Waals surface area (Å²) in [5, 5.41) is 12.2.